The van der Waals surface area contributed by atoms with Crippen molar-refractivity contribution < 1.29 is 0 Å². The lowest BCUT2D eigenvalue weighted by atomic mass is 10.0. The number of nitrogens with two attached hydrogens (primary N) is 2. The van der Waals surface area contributed by atoms with Crippen LogP contribution in [0.5, 0.6) is 0 Å². The molecule has 0 unspecified atom stereocenters. The molecule has 7 heteroatoms. The number of hydrogen-bond acceptors (Lipinski definition) is 6. The van der Waals surface area contributed by atoms with E-state index < -0.39 is 0 Å². The largest absolute Gasteiger partial charge is 0.368 e. The lowest BCUT2D eigenvalue weighted by Crippen LogP contribution is -2.11. The molecule has 2 aromatic heterocycles. The summed E-state index contributed by atoms with van der Waals surface area (Å²) < 4.78 is 0.778. The fourth-order valence-electron chi connectivity index (χ4n) is 2.05. The molecule has 100 valence electrons. The van der Waals surface area contributed by atoms with Crippen molar-refractivity contribution in [2.45, 2.75) is 0 Å². The summed E-state index contributed by atoms with van der Waals surface area (Å²) in [4.78, 5) is 12.6. The summed E-state index contributed by atoms with van der Waals surface area (Å²) in [5.74, 6) is 6.15. The Labute approximate surface area is 123 Å². The van der Waals surface area contributed by atoms with E-state index in [2.05, 4.69) is 36.3 Å². The molecule has 2 heterocycles. The molecule has 0 aliphatic heterocycles. The lowest BCUT2D eigenvalue weighted by Gasteiger charge is -2.09. The highest BCUT2D eigenvalue weighted by Crippen LogP contribution is 2.30. The second kappa shape index (κ2) is 5.03. The highest BCUT2D eigenvalue weighted by atomic mass is 79.9. The Balaban J connectivity index is 2.31. The number of hydrogen-bond donors (Lipinski definition) is 3. The molecule has 0 aliphatic rings. The van der Waals surface area contributed by atoms with Gasteiger partial charge in [-0.05, 0) is 28.1 Å². The molecule has 0 saturated carbocycles. The van der Waals surface area contributed by atoms with Gasteiger partial charge in [-0.25, -0.2) is 15.8 Å². The lowest BCUT2D eigenvalue weighted by molar-refractivity contribution is 1.19. The van der Waals surface area contributed by atoms with E-state index in [1.54, 1.807) is 6.20 Å². The van der Waals surface area contributed by atoms with Gasteiger partial charge in [0.15, 0.2) is 5.82 Å². The Morgan fingerprint density at radius 1 is 1.10 bits per heavy atom. The summed E-state index contributed by atoms with van der Waals surface area (Å²) in [6.45, 7) is 0. The average molecular weight is 331 g/mol. The van der Waals surface area contributed by atoms with Gasteiger partial charge in [0.25, 0.3) is 0 Å². The Morgan fingerprint density at radius 2 is 1.95 bits per heavy atom. The molecule has 0 atom stereocenters. The molecule has 5 N–H and O–H groups in total. The van der Waals surface area contributed by atoms with Gasteiger partial charge in [0.05, 0.1) is 5.52 Å². The zero-order valence-corrected chi connectivity index (χ0v) is 11.9. The molecule has 6 nitrogen and oxygen atoms in total. The number of nitrogen functional groups attached to an aromatic ring is 2. The molecule has 0 fully saturated rings. The number of halogens is 1. The van der Waals surface area contributed by atoms with E-state index in [1.165, 1.54) is 0 Å². The topological polar surface area (TPSA) is 103 Å². The standard InChI is InChI=1S/C13H11BrN6/c14-10-5-4-7(6-17-10)8-2-1-3-9-11(8)18-13(15)19-12(9)20-16/h1-6H,16H2,(H3,15,18,19,20). The molecule has 0 amide bonds. The summed E-state index contributed by atoms with van der Waals surface area (Å²) in [5.41, 5.74) is 10.9. The maximum atomic E-state index is 5.73. The van der Waals surface area contributed by atoms with E-state index >= 15 is 0 Å². The van der Waals surface area contributed by atoms with Crippen LogP contribution in [0, 0.1) is 0 Å². The van der Waals surface area contributed by atoms with Crippen LogP contribution in [0.2, 0.25) is 0 Å². The predicted octanol–water partition coefficient (Wildman–Crippen LogP) is 2.32. The fourth-order valence-corrected chi connectivity index (χ4v) is 2.28. The minimum absolute atomic E-state index is 0.169. The van der Waals surface area contributed by atoms with Crippen molar-refractivity contribution in [1.29, 1.82) is 0 Å². The first-order chi connectivity index (χ1) is 9.69. The van der Waals surface area contributed by atoms with Crippen LogP contribution >= 0.6 is 15.9 Å². The van der Waals surface area contributed by atoms with Gasteiger partial charge in [0, 0.05) is 22.7 Å². The van der Waals surface area contributed by atoms with Crippen molar-refractivity contribution in [2.24, 2.45) is 5.84 Å². The monoisotopic (exact) mass is 330 g/mol. The molecule has 0 radical (unpaired) electrons. The smallest absolute Gasteiger partial charge is 0.222 e. The van der Waals surface area contributed by atoms with Gasteiger partial charge in [-0.2, -0.15) is 4.98 Å². The van der Waals surface area contributed by atoms with E-state index in [0.717, 1.165) is 26.6 Å². The third-order valence-corrected chi connectivity index (χ3v) is 3.39. The van der Waals surface area contributed by atoms with E-state index in [0.29, 0.717) is 5.82 Å². The molecule has 3 rings (SSSR count). The number of nitrogens with zero attached hydrogens (tertiary/aromatic N) is 3. The first kappa shape index (κ1) is 12.8. The molecule has 0 saturated heterocycles. The second-order valence-electron chi connectivity index (χ2n) is 4.15. The van der Waals surface area contributed by atoms with Crippen LogP contribution in [0.1, 0.15) is 0 Å². The van der Waals surface area contributed by atoms with Gasteiger partial charge >= 0.3 is 0 Å². The molecular formula is C13H11BrN6. The number of nitrogens with one attached hydrogen (secondary N) is 1. The van der Waals surface area contributed by atoms with Crippen molar-refractivity contribution in [3.8, 4) is 11.1 Å². The number of aromatic nitrogens is 3. The molecule has 20 heavy (non-hydrogen) atoms. The van der Waals surface area contributed by atoms with E-state index in [4.69, 9.17) is 11.6 Å². The van der Waals surface area contributed by atoms with Crippen LogP contribution < -0.4 is 17.0 Å². The summed E-state index contributed by atoms with van der Waals surface area (Å²) in [6, 6.07) is 9.60. The van der Waals surface area contributed by atoms with E-state index in [9.17, 15) is 0 Å². The maximum absolute atomic E-state index is 5.73. The number of benzene rings is 1. The summed E-state index contributed by atoms with van der Waals surface area (Å²) in [5, 5.41) is 0.808. The van der Waals surface area contributed by atoms with Crippen LogP contribution in [-0.2, 0) is 0 Å². The van der Waals surface area contributed by atoms with Crippen LogP contribution in [0.25, 0.3) is 22.0 Å². The van der Waals surface area contributed by atoms with Gasteiger partial charge in [0.1, 0.15) is 4.60 Å². The maximum Gasteiger partial charge on any atom is 0.222 e. The number of fused-ring (bicyclic) bond motifs is 1. The molecule has 0 bridgehead atoms. The SMILES string of the molecule is NNc1nc(N)nc2c(-c3ccc(Br)nc3)cccc12. The summed E-state index contributed by atoms with van der Waals surface area (Å²) in [6.07, 6.45) is 1.77. The first-order valence-electron chi connectivity index (χ1n) is 5.84. The van der Waals surface area contributed by atoms with Gasteiger partial charge in [-0.15, -0.1) is 0 Å². The van der Waals surface area contributed by atoms with Crippen molar-refractivity contribution in [3.05, 3.63) is 41.1 Å². The summed E-state index contributed by atoms with van der Waals surface area (Å²) in [7, 11) is 0. The van der Waals surface area contributed by atoms with E-state index in [-0.39, 0.29) is 5.95 Å². The minimum atomic E-state index is 0.169. The van der Waals surface area contributed by atoms with Crippen molar-refractivity contribution >= 4 is 38.6 Å². The number of hydrazine groups is 1. The molecule has 3 aromatic rings. The van der Waals surface area contributed by atoms with Gasteiger partial charge < -0.3 is 11.2 Å². The molecular weight excluding hydrogens is 320 g/mol. The third kappa shape index (κ3) is 2.17. The molecule has 0 aliphatic carbocycles. The number of para-hydroxylation sites is 1. The Hall–Kier alpha value is -2.25. The zero-order chi connectivity index (χ0) is 14.1. The summed E-state index contributed by atoms with van der Waals surface area (Å²) >= 11 is 3.32. The van der Waals surface area contributed by atoms with Gasteiger partial charge in [-0.1, -0.05) is 18.2 Å². The van der Waals surface area contributed by atoms with Gasteiger partial charge in [0.2, 0.25) is 5.95 Å². The number of anilines is 2. The Bertz CT molecular complexity index is 772. The second-order valence-corrected chi connectivity index (χ2v) is 4.96. The van der Waals surface area contributed by atoms with Crippen LogP contribution in [0.4, 0.5) is 11.8 Å². The van der Waals surface area contributed by atoms with Gasteiger partial charge in [-0.3, -0.25) is 0 Å². The zero-order valence-electron chi connectivity index (χ0n) is 10.3. The fraction of sp³-hybridized carbons (Fsp3) is 0. The Morgan fingerprint density at radius 3 is 2.65 bits per heavy atom. The average Bonchev–Trinajstić information content (AvgIpc) is 2.46. The normalized spacial score (nSPS) is 10.7. The number of rotatable bonds is 2. The first-order valence-corrected chi connectivity index (χ1v) is 6.63. The van der Waals surface area contributed by atoms with Crippen LogP contribution in [-0.4, -0.2) is 15.0 Å². The Kier molecular flexibility index (Phi) is 3.21. The van der Waals surface area contributed by atoms with Crippen molar-refractivity contribution in [2.75, 3.05) is 11.2 Å². The molecule has 0 spiro atoms. The van der Waals surface area contributed by atoms with Crippen LogP contribution in [0.15, 0.2) is 41.1 Å². The van der Waals surface area contributed by atoms with Crippen molar-refractivity contribution in [3.63, 3.8) is 0 Å². The quantitative estimate of drug-likeness (QED) is 0.378. The number of pyridine rings is 1. The molecule has 1 aromatic carbocycles. The highest BCUT2D eigenvalue weighted by molar-refractivity contribution is 9.10. The van der Waals surface area contributed by atoms with Crippen molar-refractivity contribution in [1.82, 2.24) is 15.0 Å². The third-order valence-electron chi connectivity index (χ3n) is 2.92. The van der Waals surface area contributed by atoms with Crippen LogP contribution in [0.3, 0.4) is 0 Å². The highest BCUT2D eigenvalue weighted by Gasteiger charge is 2.10. The van der Waals surface area contributed by atoms with E-state index in [1.807, 2.05) is 30.3 Å². The predicted molar refractivity (Wildman–Crippen MR) is 82.7 cm³/mol. The minimum Gasteiger partial charge on any atom is -0.368 e.